The van der Waals surface area contributed by atoms with E-state index in [1.165, 1.54) is 4.90 Å². The zero-order valence-corrected chi connectivity index (χ0v) is 17.2. The van der Waals surface area contributed by atoms with E-state index in [9.17, 15) is 22.8 Å². The highest BCUT2D eigenvalue weighted by molar-refractivity contribution is 5.93. The lowest BCUT2D eigenvalue weighted by atomic mass is 10.0. The molecule has 0 unspecified atom stereocenters. The van der Waals surface area contributed by atoms with Crippen LogP contribution >= 0.6 is 0 Å². The third-order valence-corrected chi connectivity index (χ3v) is 4.84. The van der Waals surface area contributed by atoms with E-state index in [1.807, 2.05) is 37.3 Å². The molecule has 0 radical (unpaired) electrons. The second-order valence-corrected chi connectivity index (χ2v) is 7.12. The summed E-state index contributed by atoms with van der Waals surface area (Å²) in [7, 11) is 1.57. The number of carbonyl (C=O) groups is 2. The highest BCUT2D eigenvalue weighted by Crippen LogP contribution is 2.20. The molecule has 2 rings (SSSR count). The number of amides is 2. The molecule has 0 heterocycles. The van der Waals surface area contributed by atoms with Gasteiger partial charge in [-0.3, -0.25) is 14.5 Å². The van der Waals surface area contributed by atoms with Crippen molar-refractivity contribution in [1.29, 1.82) is 0 Å². The van der Waals surface area contributed by atoms with Gasteiger partial charge in [-0.2, -0.15) is 0 Å². The first-order valence-corrected chi connectivity index (χ1v) is 9.73. The van der Waals surface area contributed by atoms with E-state index in [1.54, 1.807) is 14.0 Å². The molecule has 8 heteroatoms. The summed E-state index contributed by atoms with van der Waals surface area (Å²) in [6.45, 7) is 3.44. The maximum absolute atomic E-state index is 13.7. The van der Waals surface area contributed by atoms with Crippen molar-refractivity contribution < 1.29 is 22.8 Å². The number of anilines is 1. The molecule has 0 aliphatic rings. The van der Waals surface area contributed by atoms with Crippen molar-refractivity contribution in [3.8, 4) is 0 Å². The molecule has 0 aliphatic heterocycles. The second kappa shape index (κ2) is 10.8. The maximum Gasteiger partial charge on any atom is 0.238 e. The quantitative estimate of drug-likeness (QED) is 0.602. The lowest BCUT2D eigenvalue weighted by molar-refractivity contribution is -0.127. The number of hydrogen-bond donors (Lipinski definition) is 2. The topological polar surface area (TPSA) is 61.4 Å². The molecule has 2 N–H and O–H groups in total. The van der Waals surface area contributed by atoms with Crippen LogP contribution in [0.5, 0.6) is 0 Å². The van der Waals surface area contributed by atoms with Crippen LogP contribution in [-0.4, -0.2) is 36.3 Å². The first kappa shape index (κ1) is 23.4. The SMILES string of the molecule is CCC[C@H](NC(=O)[C@H](C)N(C)CC(=O)Nc1ccc(F)c(F)c1F)c1ccccc1. The summed E-state index contributed by atoms with van der Waals surface area (Å²) in [5.41, 5.74) is 0.533. The van der Waals surface area contributed by atoms with Crippen LogP contribution in [0.15, 0.2) is 42.5 Å². The number of nitrogens with zero attached hydrogens (tertiary/aromatic N) is 1. The Morgan fingerprint density at radius 3 is 2.33 bits per heavy atom. The van der Waals surface area contributed by atoms with Gasteiger partial charge in [0.25, 0.3) is 0 Å². The van der Waals surface area contributed by atoms with Crippen molar-refractivity contribution >= 4 is 17.5 Å². The Balaban J connectivity index is 1.97. The van der Waals surface area contributed by atoms with Gasteiger partial charge in [0.05, 0.1) is 24.3 Å². The van der Waals surface area contributed by atoms with E-state index in [0.717, 1.165) is 30.5 Å². The van der Waals surface area contributed by atoms with E-state index in [-0.39, 0.29) is 18.5 Å². The molecule has 0 spiro atoms. The molecule has 0 saturated carbocycles. The van der Waals surface area contributed by atoms with Crippen LogP contribution in [0, 0.1) is 17.5 Å². The normalized spacial score (nSPS) is 13.0. The standard InChI is InChI=1S/C22H26F3N3O2/c1-4-8-17(15-9-6-5-7-10-15)27-22(30)14(2)28(3)13-19(29)26-18-12-11-16(23)20(24)21(18)25/h5-7,9-12,14,17H,4,8,13H2,1-3H3,(H,26,29)(H,27,30)/t14-,17-/m0/s1. The molecule has 0 fully saturated rings. The zero-order chi connectivity index (χ0) is 22.3. The Kier molecular flexibility index (Phi) is 8.41. The van der Waals surface area contributed by atoms with Crippen LogP contribution in [0.2, 0.25) is 0 Å². The fourth-order valence-corrected chi connectivity index (χ4v) is 2.96. The largest absolute Gasteiger partial charge is 0.348 e. The third kappa shape index (κ3) is 6.06. The maximum atomic E-state index is 13.7. The van der Waals surface area contributed by atoms with Gasteiger partial charge in [-0.15, -0.1) is 0 Å². The molecule has 0 aromatic heterocycles. The Bertz CT molecular complexity index is 877. The van der Waals surface area contributed by atoms with Crippen LogP contribution in [0.25, 0.3) is 0 Å². The first-order chi connectivity index (χ1) is 14.2. The molecule has 162 valence electrons. The minimum absolute atomic E-state index is 0.148. The van der Waals surface area contributed by atoms with Gasteiger partial charge in [0.1, 0.15) is 0 Å². The molecule has 0 aliphatic carbocycles. The lowest BCUT2D eigenvalue weighted by Gasteiger charge is -2.26. The van der Waals surface area contributed by atoms with Gasteiger partial charge in [0, 0.05) is 0 Å². The number of nitrogens with one attached hydrogen (secondary N) is 2. The minimum Gasteiger partial charge on any atom is -0.348 e. The van der Waals surface area contributed by atoms with E-state index < -0.39 is 35.1 Å². The highest BCUT2D eigenvalue weighted by atomic mass is 19.2. The van der Waals surface area contributed by atoms with Crippen molar-refractivity contribution in [3.05, 3.63) is 65.5 Å². The number of halogens is 3. The predicted molar refractivity (Wildman–Crippen MR) is 109 cm³/mol. The summed E-state index contributed by atoms with van der Waals surface area (Å²) < 4.78 is 40.0. The van der Waals surface area contributed by atoms with Crippen molar-refractivity contribution in [3.63, 3.8) is 0 Å². The van der Waals surface area contributed by atoms with E-state index >= 15 is 0 Å². The average molecular weight is 421 g/mol. The summed E-state index contributed by atoms with van der Waals surface area (Å²) in [5, 5.41) is 5.19. The van der Waals surface area contributed by atoms with Crippen molar-refractivity contribution in [2.75, 3.05) is 18.9 Å². The fraction of sp³-hybridized carbons (Fsp3) is 0.364. The lowest BCUT2D eigenvalue weighted by Crippen LogP contribution is -2.46. The molecule has 2 amide bonds. The van der Waals surface area contributed by atoms with Gasteiger partial charge in [-0.25, -0.2) is 13.2 Å². The van der Waals surface area contributed by atoms with E-state index in [2.05, 4.69) is 10.6 Å². The minimum atomic E-state index is -1.66. The monoisotopic (exact) mass is 421 g/mol. The van der Waals surface area contributed by atoms with E-state index in [0.29, 0.717) is 0 Å². The van der Waals surface area contributed by atoms with Gasteiger partial charge in [-0.05, 0) is 38.1 Å². The second-order valence-electron chi connectivity index (χ2n) is 7.12. The van der Waals surface area contributed by atoms with Crippen LogP contribution in [0.4, 0.5) is 18.9 Å². The number of likely N-dealkylation sites (N-methyl/N-ethyl adjacent to an activating group) is 1. The summed E-state index contributed by atoms with van der Waals surface area (Å²) in [6, 6.07) is 10.5. The Morgan fingerprint density at radius 2 is 1.70 bits per heavy atom. The average Bonchev–Trinajstić information content (AvgIpc) is 2.73. The summed E-state index contributed by atoms with van der Waals surface area (Å²) >= 11 is 0. The van der Waals surface area contributed by atoms with Crippen LogP contribution in [0.3, 0.4) is 0 Å². The molecule has 2 aromatic carbocycles. The zero-order valence-electron chi connectivity index (χ0n) is 17.2. The Morgan fingerprint density at radius 1 is 1.03 bits per heavy atom. The number of benzene rings is 2. The molecule has 0 bridgehead atoms. The molecule has 0 saturated heterocycles. The number of carbonyl (C=O) groups excluding carboxylic acids is 2. The van der Waals surface area contributed by atoms with Crippen molar-refractivity contribution in [2.45, 2.75) is 38.8 Å². The molecular weight excluding hydrogens is 395 g/mol. The Labute approximate surface area is 174 Å². The van der Waals surface area contributed by atoms with Crippen LogP contribution < -0.4 is 10.6 Å². The highest BCUT2D eigenvalue weighted by Gasteiger charge is 2.24. The molecular formula is C22H26F3N3O2. The summed E-state index contributed by atoms with van der Waals surface area (Å²) in [4.78, 5) is 26.3. The van der Waals surface area contributed by atoms with Gasteiger partial charge in [0.2, 0.25) is 11.8 Å². The van der Waals surface area contributed by atoms with E-state index in [4.69, 9.17) is 0 Å². The van der Waals surface area contributed by atoms with Crippen LogP contribution in [-0.2, 0) is 9.59 Å². The van der Waals surface area contributed by atoms with Gasteiger partial charge >= 0.3 is 0 Å². The Hall–Kier alpha value is -2.87. The van der Waals surface area contributed by atoms with Crippen molar-refractivity contribution in [1.82, 2.24) is 10.2 Å². The number of rotatable bonds is 9. The summed E-state index contributed by atoms with van der Waals surface area (Å²) in [6.07, 6.45) is 1.65. The first-order valence-electron chi connectivity index (χ1n) is 9.73. The molecule has 5 nitrogen and oxygen atoms in total. The van der Waals surface area contributed by atoms with Crippen LogP contribution in [0.1, 0.15) is 38.3 Å². The smallest absolute Gasteiger partial charge is 0.238 e. The molecule has 2 aromatic rings. The predicted octanol–water partition coefficient (Wildman–Crippen LogP) is 4.02. The summed E-state index contributed by atoms with van der Waals surface area (Å²) in [5.74, 6) is -5.38. The molecule has 30 heavy (non-hydrogen) atoms. The van der Waals surface area contributed by atoms with Gasteiger partial charge in [-0.1, -0.05) is 43.7 Å². The van der Waals surface area contributed by atoms with Gasteiger partial charge in [0.15, 0.2) is 17.5 Å². The third-order valence-electron chi connectivity index (χ3n) is 4.84. The van der Waals surface area contributed by atoms with Gasteiger partial charge < -0.3 is 10.6 Å². The number of hydrogen-bond acceptors (Lipinski definition) is 3. The molecule has 2 atom stereocenters. The fourth-order valence-electron chi connectivity index (χ4n) is 2.96. The van der Waals surface area contributed by atoms with Crippen molar-refractivity contribution in [2.24, 2.45) is 0 Å².